The summed E-state index contributed by atoms with van der Waals surface area (Å²) in [6.45, 7) is 1.60. The average molecular weight is 406 g/mol. The van der Waals surface area contributed by atoms with Crippen molar-refractivity contribution in [3.05, 3.63) is 59.7 Å². The van der Waals surface area contributed by atoms with Crippen LogP contribution < -0.4 is 20.1 Å². The van der Waals surface area contributed by atoms with E-state index in [2.05, 4.69) is 27.5 Å². The second kappa shape index (κ2) is 7.88. The molecule has 3 unspecified atom stereocenters. The summed E-state index contributed by atoms with van der Waals surface area (Å²) in [6, 6.07) is 14.9. The van der Waals surface area contributed by atoms with Crippen LogP contribution >= 0.6 is 0 Å². The molecule has 2 fully saturated rings. The molecular weight excluding hydrogens is 381 g/mol. The van der Waals surface area contributed by atoms with Gasteiger partial charge in [-0.3, -0.25) is 0 Å². The van der Waals surface area contributed by atoms with E-state index >= 15 is 0 Å². The van der Waals surface area contributed by atoms with Gasteiger partial charge in [0.05, 0.1) is 7.11 Å². The number of nitrogens with one attached hydrogen (secondary N) is 2. The third-order valence-corrected chi connectivity index (χ3v) is 6.03. The van der Waals surface area contributed by atoms with Crippen LogP contribution in [0.2, 0.25) is 0 Å². The molecule has 156 valence electrons. The van der Waals surface area contributed by atoms with E-state index in [0.717, 1.165) is 31.4 Å². The van der Waals surface area contributed by atoms with Crippen molar-refractivity contribution in [3.63, 3.8) is 0 Å². The third kappa shape index (κ3) is 4.51. The van der Waals surface area contributed by atoms with E-state index in [1.165, 1.54) is 24.8 Å². The molecule has 0 aromatic heterocycles. The summed E-state index contributed by atoms with van der Waals surface area (Å²) >= 11 is 0. The highest BCUT2D eigenvalue weighted by atomic mass is 19.4. The predicted molar refractivity (Wildman–Crippen MR) is 104 cm³/mol. The van der Waals surface area contributed by atoms with Gasteiger partial charge in [-0.15, -0.1) is 13.2 Å². The predicted octanol–water partition coefficient (Wildman–Crippen LogP) is 4.53. The summed E-state index contributed by atoms with van der Waals surface area (Å²) in [6.07, 6.45) is -1.94. The molecule has 0 aliphatic carbocycles. The van der Waals surface area contributed by atoms with Crippen LogP contribution in [0.5, 0.6) is 11.5 Å². The lowest BCUT2D eigenvalue weighted by molar-refractivity contribution is -0.274. The number of ether oxygens (including phenoxy) is 2. The average Bonchev–Trinajstić information content (AvgIpc) is 3.10. The fourth-order valence-corrected chi connectivity index (χ4v) is 4.72. The molecule has 0 radical (unpaired) electrons. The fraction of sp³-hybridized carbons (Fsp3) is 0.455. The van der Waals surface area contributed by atoms with E-state index in [4.69, 9.17) is 4.74 Å². The van der Waals surface area contributed by atoms with E-state index in [-0.39, 0.29) is 23.2 Å². The van der Waals surface area contributed by atoms with Crippen molar-refractivity contribution in [2.45, 2.75) is 43.1 Å². The number of alkyl halides is 3. The lowest BCUT2D eigenvalue weighted by Crippen LogP contribution is -2.49. The Morgan fingerprint density at radius 3 is 2.59 bits per heavy atom. The second-order valence-corrected chi connectivity index (χ2v) is 7.89. The summed E-state index contributed by atoms with van der Waals surface area (Å²) in [5.74, 6) is 0.454. The molecular formula is C22H25F3N2O2. The van der Waals surface area contributed by atoms with E-state index in [1.54, 1.807) is 6.07 Å². The smallest absolute Gasteiger partial charge is 0.496 e. The topological polar surface area (TPSA) is 42.5 Å². The molecule has 0 saturated carbocycles. The molecule has 29 heavy (non-hydrogen) atoms. The van der Waals surface area contributed by atoms with Crippen LogP contribution in [0.1, 0.15) is 42.3 Å². The fourth-order valence-electron chi connectivity index (χ4n) is 4.72. The van der Waals surface area contributed by atoms with E-state index in [1.807, 2.05) is 18.2 Å². The van der Waals surface area contributed by atoms with Gasteiger partial charge in [-0.2, -0.15) is 0 Å². The molecule has 3 atom stereocenters. The van der Waals surface area contributed by atoms with Gasteiger partial charge in [0.2, 0.25) is 0 Å². The highest BCUT2D eigenvalue weighted by Crippen LogP contribution is 2.44. The molecule has 2 aromatic rings. The highest BCUT2D eigenvalue weighted by Gasteiger charge is 2.43. The van der Waals surface area contributed by atoms with Crippen LogP contribution in [0.15, 0.2) is 48.5 Å². The summed E-state index contributed by atoms with van der Waals surface area (Å²) in [5.41, 5.74) is 1.98. The van der Waals surface area contributed by atoms with Gasteiger partial charge in [-0.1, -0.05) is 30.3 Å². The van der Waals surface area contributed by atoms with Crippen molar-refractivity contribution in [2.24, 2.45) is 0 Å². The lowest BCUT2D eigenvalue weighted by Gasteiger charge is -2.39. The Labute approximate surface area is 168 Å². The van der Waals surface area contributed by atoms with Crippen LogP contribution in [0.3, 0.4) is 0 Å². The molecule has 4 nitrogen and oxygen atoms in total. The first-order valence-electron chi connectivity index (χ1n) is 9.84. The number of methoxy groups -OCH3 is 1. The van der Waals surface area contributed by atoms with Crippen LogP contribution in [-0.2, 0) is 0 Å². The summed E-state index contributed by atoms with van der Waals surface area (Å²) < 4.78 is 47.5. The van der Waals surface area contributed by atoms with Crippen molar-refractivity contribution in [3.8, 4) is 11.5 Å². The molecule has 4 rings (SSSR count). The van der Waals surface area contributed by atoms with Crippen LogP contribution in [0.4, 0.5) is 13.2 Å². The minimum Gasteiger partial charge on any atom is -0.496 e. The van der Waals surface area contributed by atoms with Crippen molar-refractivity contribution in [2.75, 3.05) is 20.2 Å². The highest BCUT2D eigenvalue weighted by molar-refractivity contribution is 5.44. The molecule has 0 bridgehead atoms. The maximum atomic E-state index is 12.6. The number of halogens is 3. The Kier molecular flexibility index (Phi) is 5.44. The molecule has 2 N–H and O–H groups in total. The first-order chi connectivity index (χ1) is 13.9. The molecule has 7 heteroatoms. The molecule has 2 aliphatic rings. The monoisotopic (exact) mass is 406 g/mol. The van der Waals surface area contributed by atoms with Crippen LogP contribution in [0, 0.1) is 0 Å². The van der Waals surface area contributed by atoms with Crippen LogP contribution in [0.25, 0.3) is 0 Å². The summed E-state index contributed by atoms with van der Waals surface area (Å²) in [5, 5.41) is 7.27. The number of hydrogen-bond donors (Lipinski definition) is 2. The minimum atomic E-state index is -4.71. The molecule has 2 saturated heterocycles. The standard InChI is InChI=1S/C22H25F3N2O2/c1-28-20-8-7-17(29-22(23,24)25)11-18(20)16-12-21(27-14-16)9-10-26-19(13-21)15-5-3-2-4-6-15/h2-8,11,16,19,26-27H,9-10,12-14H2,1H3. The maximum Gasteiger partial charge on any atom is 0.573 e. The normalized spacial score (nSPS) is 27.2. The number of hydrogen-bond acceptors (Lipinski definition) is 4. The SMILES string of the molecule is COc1ccc(OC(F)(F)F)cc1C1CNC2(CCNC(c3ccccc3)C2)C1. The molecule has 1 spiro atoms. The van der Waals surface area contributed by atoms with Crippen LogP contribution in [-0.4, -0.2) is 32.1 Å². The van der Waals surface area contributed by atoms with Crippen molar-refractivity contribution >= 4 is 0 Å². The third-order valence-electron chi connectivity index (χ3n) is 6.03. The molecule has 2 aromatic carbocycles. The zero-order chi connectivity index (χ0) is 20.5. The largest absolute Gasteiger partial charge is 0.573 e. The van der Waals surface area contributed by atoms with Gasteiger partial charge in [0.1, 0.15) is 11.5 Å². The van der Waals surface area contributed by atoms with Gasteiger partial charge in [0.25, 0.3) is 0 Å². The Balaban J connectivity index is 1.54. The summed E-state index contributed by atoms with van der Waals surface area (Å²) in [7, 11) is 1.54. The molecule has 2 aliphatic heterocycles. The zero-order valence-corrected chi connectivity index (χ0v) is 16.3. The molecule has 2 heterocycles. The van der Waals surface area contributed by atoms with Crippen molar-refractivity contribution in [1.29, 1.82) is 0 Å². The Morgan fingerprint density at radius 1 is 1.07 bits per heavy atom. The number of piperidine rings is 1. The number of benzene rings is 2. The first kappa shape index (κ1) is 20.0. The van der Waals surface area contributed by atoms with Gasteiger partial charge in [0.15, 0.2) is 0 Å². The Morgan fingerprint density at radius 2 is 1.86 bits per heavy atom. The van der Waals surface area contributed by atoms with Gasteiger partial charge in [0, 0.05) is 29.6 Å². The Hall–Kier alpha value is -2.25. The Bertz CT molecular complexity index is 844. The quantitative estimate of drug-likeness (QED) is 0.783. The van der Waals surface area contributed by atoms with Gasteiger partial charge >= 0.3 is 6.36 Å². The first-order valence-corrected chi connectivity index (χ1v) is 9.84. The zero-order valence-electron chi connectivity index (χ0n) is 16.3. The maximum absolute atomic E-state index is 12.6. The van der Waals surface area contributed by atoms with E-state index in [9.17, 15) is 13.2 Å². The van der Waals surface area contributed by atoms with Gasteiger partial charge in [-0.05, 0) is 49.6 Å². The van der Waals surface area contributed by atoms with Crippen molar-refractivity contribution < 1.29 is 22.6 Å². The lowest BCUT2D eigenvalue weighted by atomic mass is 9.78. The van der Waals surface area contributed by atoms with Crippen molar-refractivity contribution in [1.82, 2.24) is 10.6 Å². The van der Waals surface area contributed by atoms with Gasteiger partial charge in [-0.25, -0.2) is 0 Å². The van der Waals surface area contributed by atoms with Gasteiger partial charge < -0.3 is 20.1 Å². The second-order valence-electron chi connectivity index (χ2n) is 7.89. The summed E-state index contributed by atoms with van der Waals surface area (Å²) in [4.78, 5) is 0. The van der Waals surface area contributed by atoms with E-state index in [0.29, 0.717) is 12.3 Å². The molecule has 0 amide bonds. The minimum absolute atomic E-state index is 0.0394. The van der Waals surface area contributed by atoms with E-state index < -0.39 is 6.36 Å². The number of rotatable bonds is 4.